The molecule has 96 valence electrons. The number of carbonyl (C=O) groups is 1. The van der Waals surface area contributed by atoms with Gasteiger partial charge in [-0.15, -0.1) is 0 Å². The highest BCUT2D eigenvalue weighted by Gasteiger charge is 2.40. The fraction of sp³-hybridized carbons (Fsp3) is 0.545. The Kier molecular flexibility index (Phi) is 2.91. The van der Waals surface area contributed by atoms with Crippen LogP contribution in [-0.2, 0) is 0 Å². The minimum atomic E-state index is -0.872. The van der Waals surface area contributed by atoms with Crippen LogP contribution in [0.4, 0.5) is 4.39 Å². The first-order chi connectivity index (χ1) is 8.63. The first-order valence-electron chi connectivity index (χ1n) is 5.86. The SMILES string of the molecule is O=C(NC1CC2CNC1C2)c1ncc(Cl)c(F)n1. The summed E-state index contributed by atoms with van der Waals surface area (Å²) in [5, 5.41) is 5.98. The van der Waals surface area contributed by atoms with Gasteiger partial charge in [-0.3, -0.25) is 4.79 Å². The van der Waals surface area contributed by atoms with Gasteiger partial charge in [0.1, 0.15) is 5.02 Å². The summed E-state index contributed by atoms with van der Waals surface area (Å²) in [6, 6.07) is 0.398. The molecule has 0 radical (unpaired) electrons. The molecular formula is C11H12ClFN4O. The number of hydrogen-bond donors (Lipinski definition) is 2. The van der Waals surface area contributed by atoms with Crippen molar-refractivity contribution in [3.63, 3.8) is 0 Å². The first-order valence-corrected chi connectivity index (χ1v) is 6.23. The molecule has 18 heavy (non-hydrogen) atoms. The Hall–Kier alpha value is -1.27. The van der Waals surface area contributed by atoms with Crippen molar-refractivity contribution < 1.29 is 9.18 Å². The Morgan fingerprint density at radius 2 is 2.39 bits per heavy atom. The molecule has 1 amide bonds. The third kappa shape index (κ3) is 2.06. The maximum atomic E-state index is 13.1. The summed E-state index contributed by atoms with van der Waals surface area (Å²) in [7, 11) is 0. The summed E-state index contributed by atoms with van der Waals surface area (Å²) in [5.41, 5.74) is 0. The zero-order valence-corrected chi connectivity index (χ0v) is 10.2. The minimum absolute atomic E-state index is 0.0820. The molecule has 2 fully saturated rings. The number of nitrogens with zero attached hydrogens (tertiary/aromatic N) is 2. The Balaban J connectivity index is 1.69. The summed E-state index contributed by atoms with van der Waals surface area (Å²) in [6.07, 6.45) is 3.14. The van der Waals surface area contributed by atoms with Crippen LogP contribution in [0.5, 0.6) is 0 Å². The smallest absolute Gasteiger partial charge is 0.289 e. The molecule has 2 bridgehead atoms. The molecule has 7 heteroatoms. The number of halogens is 2. The second-order valence-electron chi connectivity index (χ2n) is 4.76. The van der Waals surface area contributed by atoms with E-state index >= 15 is 0 Å². The van der Waals surface area contributed by atoms with Crippen LogP contribution in [0.15, 0.2) is 6.20 Å². The van der Waals surface area contributed by atoms with Crippen molar-refractivity contribution in [3.8, 4) is 0 Å². The lowest BCUT2D eigenvalue weighted by Gasteiger charge is -2.23. The lowest BCUT2D eigenvalue weighted by atomic mass is 10.1. The summed E-state index contributed by atoms with van der Waals surface area (Å²) >= 11 is 5.47. The predicted molar refractivity (Wildman–Crippen MR) is 62.8 cm³/mol. The van der Waals surface area contributed by atoms with Gasteiger partial charge in [-0.05, 0) is 25.3 Å². The lowest BCUT2D eigenvalue weighted by Crippen LogP contribution is -2.48. The zero-order chi connectivity index (χ0) is 12.7. The van der Waals surface area contributed by atoms with Crippen molar-refractivity contribution in [2.24, 2.45) is 5.92 Å². The van der Waals surface area contributed by atoms with E-state index in [1.165, 1.54) is 0 Å². The van der Waals surface area contributed by atoms with Gasteiger partial charge in [0.05, 0.1) is 6.20 Å². The summed E-state index contributed by atoms with van der Waals surface area (Å²) in [5.74, 6) is -0.879. The summed E-state index contributed by atoms with van der Waals surface area (Å²) in [4.78, 5) is 19.0. The van der Waals surface area contributed by atoms with Gasteiger partial charge in [-0.2, -0.15) is 9.37 Å². The van der Waals surface area contributed by atoms with E-state index in [0.29, 0.717) is 12.0 Å². The number of aromatic nitrogens is 2. The minimum Gasteiger partial charge on any atom is -0.345 e. The van der Waals surface area contributed by atoms with E-state index in [1.54, 1.807) is 0 Å². The second-order valence-corrected chi connectivity index (χ2v) is 5.17. The lowest BCUT2D eigenvalue weighted by molar-refractivity contribution is 0.0916. The molecule has 1 aromatic heterocycles. The van der Waals surface area contributed by atoms with E-state index in [1.807, 2.05) is 0 Å². The van der Waals surface area contributed by atoms with Crippen molar-refractivity contribution in [1.82, 2.24) is 20.6 Å². The van der Waals surface area contributed by atoms with Crippen molar-refractivity contribution >= 4 is 17.5 Å². The molecule has 2 aliphatic rings. The molecule has 1 aliphatic carbocycles. The predicted octanol–water partition coefficient (Wildman–Crippen LogP) is 0.749. The van der Waals surface area contributed by atoms with Gasteiger partial charge >= 0.3 is 0 Å². The van der Waals surface area contributed by atoms with E-state index in [9.17, 15) is 9.18 Å². The number of fused-ring (bicyclic) bond motifs is 2. The Morgan fingerprint density at radius 3 is 3.00 bits per heavy atom. The number of hydrogen-bond acceptors (Lipinski definition) is 4. The highest BCUT2D eigenvalue weighted by molar-refractivity contribution is 6.30. The van der Waals surface area contributed by atoms with Gasteiger partial charge in [-0.25, -0.2) is 4.98 Å². The molecule has 2 heterocycles. The van der Waals surface area contributed by atoms with Gasteiger partial charge in [0.2, 0.25) is 11.8 Å². The molecular weight excluding hydrogens is 259 g/mol. The van der Waals surface area contributed by atoms with Gasteiger partial charge in [0, 0.05) is 12.1 Å². The Labute approximate surface area is 108 Å². The van der Waals surface area contributed by atoms with Crippen LogP contribution in [0, 0.1) is 11.9 Å². The quantitative estimate of drug-likeness (QED) is 0.779. The molecule has 2 N–H and O–H groups in total. The number of carbonyl (C=O) groups excluding carboxylic acids is 1. The van der Waals surface area contributed by atoms with E-state index in [4.69, 9.17) is 11.6 Å². The van der Waals surface area contributed by atoms with Crippen LogP contribution in [0.3, 0.4) is 0 Å². The highest BCUT2D eigenvalue weighted by atomic mass is 35.5. The van der Waals surface area contributed by atoms with Crippen molar-refractivity contribution in [2.45, 2.75) is 24.9 Å². The maximum absolute atomic E-state index is 13.1. The fourth-order valence-electron chi connectivity index (χ4n) is 2.70. The average Bonchev–Trinajstić information content (AvgIpc) is 2.94. The van der Waals surface area contributed by atoms with Crippen LogP contribution >= 0.6 is 11.6 Å². The van der Waals surface area contributed by atoms with Gasteiger partial charge in [0.15, 0.2) is 0 Å². The van der Waals surface area contributed by atoms with Crippen molar-refractivity contribution in [2.75, 3.05) is 6.54 Å². The van der Waals surface area contributed by atoms with E-state index in [2.05, 4.69) is 20.6 Å². The third-order valence-corrected chi connectivity index (χ3v) is 3.80. The molecule has 0 spiro atoms. The zero-order valence-electron chi connectivity index (χ0n) is 9.49. The Bertz CT molecular complexity index is 498. The second kappa shape index (κ2) is 4.44. The molecule has 1 saturated heterocycles. The standard InChI is InChI=1S/C11H12ClFN4O/c12-6-4-15-10(17-9(6)13)11(18)16-8-2-5-1-7(8)14-3-5/h4-5,7-8,14H,1-3H2,(H,16,18). The fourth-order valence-corrected chi connectivity index (χ4v) is 2.79. The highest BCUT2D eigenvalue weighted by Crippen LogP contribution is 2.31. The molecule has 3 rings (SSSR count). The molecule has 0 aromatic carbocycles. The summed E-state index contributed by atoms with van der Waals surface area (Å²) in [6.45, 7) is 1.02. The molecule has 3 unspecified atom stereocenters. The molecule has 3 atom stereocenters. The molecule has 5 nitrogen and oxygen atoms in total. The Morgan fingerprint density at radius 1 is 1.56 bits per heavy atom. The van der Waals surface area contributed by atoms with Crippen LogP contribution in [0.1, 0.15) is 23.5 Å². The number of piperidine rings is 1. The first kappa shape index (κ1) is 11.8. The van der Waals surface area contributed by atoms with E-state index in [-0.39, 0.29) is 16.9 Å². The van der Waals surface area contributed by atoms with Crippen LogP contribution in [0.25, 0.3) is 0 Å². The largest absolute Gasteiger partial charge is 0.345 e. The molecule has 1 aliphatic heterocycles. The number of nitrogens with one attached hydrogen (secondary N) is 2. The average molecular weight is 271 g/mol. The van der Waals surface area contributed by atoms with Crippen LogP contribution in [0.2, 0.25) is 5.02 Å². The van der Waals surface area contributed by atoms with Crippen molar-refractivity contribution in [1.29, 1.82) is 0 Å². The number of rotatable bonds is 2. The van der Waals surface area contributed by atoms with Crippen LogP contribution in [-0.4, -0.2) is 34.5 Å². The molecule has 1 saturated carbocycles. The third-order valence-electron chi connectivity index (χ3n) is 3.55. The van der Waals surface area contributed by atoms with Gasteiger partial charge in [-0.1, -0.05) is 11.6 Å². The van der Waals surface area contributed by atoms with E-state index in [0.717, 1.165) is 25.6 Å². The maximum Gasteiger partial charge on any atom is 0.289 e. The van der Waals surface area contributed by atoms with Gasteiger partial charge in [0.25, 0.3) is 5.91 Å². The van der Waals surface area contributed by atoms with Gasteiger partial charge < -0.3 is 10.6 Å². The molecule has 1 aromatic rings. The van der Waals surface area contributed by atoms with Crippen LogP contribution < -0.4 is 10.6 Å². The number of amides is 1. The van der Waals surface area contributed by atoms with E-state index < -0.39 is 11.9 Å². The summed E-state index contributed by atoms with van der Waals surface area (Å²) < 4.78 is 13.1. The van der Waals surface area contributed by atoms with Crippen molar-refractivity contribution in [3.05, 3.63) is 23.0 Å². The monoisotopic (exact) mass is 270 g/mol. The normalized spacial score (nSPS) is 29.6. The topological polar surface area (TPSA) is 66.9 Å².